The first-order valence-electron chi connectivity index (χ1n) is 5.36. The number of aliphatic hydroxyl groups is 1. The third-order valence-electron chi connectivity index (χ3n) is 2.82. The molecule has 1 aromatic rings. The fourth-order valence-corrected chi connectivity index (χ4v) is 3.04. The molecule has 1 aliphatic rings. The van der Waals surface area contributed by atoms with E-state index < -0.39 is 0 Å². The van der Waals surface area contributed by atoms with Crippen LogP contribution in [0.1, 0.15) is 24.8 Å². The number of hydrogen-bond donors (Lipinski definition) is 2. The molecule has 4 heteroatoms. The molecule has 2 N–H and O–H groups in total. The molecule has 1 fully saturated rings. The maximum absolute atomic E-state index is 8.97. The molecular weight excluding hydrogens is 274 g/mol. The standard InChI is InChI=1S/C11H16BrNOS/c12-11-5-8(7-15-11)6-13-10(3-4-14)9-1-2-9/h5,7,9-10,13-14H,1-4,6H2. The van der Waals surface area contributed by atoms with E-state index >= 15 is 0 Å². The molecule has 1 unspecified atom stereocenters. The normalized spacial score (nSPS) is 18.0. The largest absolute Gasteiger partial charge is 0.396 e. The molecule has 84 valence electrons. The Morgan fingerprint density at radius 3 is 2.93 bits per heavy atom. The van der Waals surface area contributed by atoms with Crippen LogP contribution in [-0.4, -0.2) is 17.8 Å². The summed E-state index contributed by atoms with van der Waals surface area (Å²) < 4.78 is 1.18. The van der Waals surface area contributed by atoms with Crippen LogP contribution >= 0.6 is 27.3 Å². The Kier molecular flexibility index (Phi) is 4.20. The summed E-state index contributed by atoms with van der Waals surface area (Å²) in [5, 5.41) is 14.7. The smallest absolute Gasteiger partial charge is 0.0701 e. The lowest BCUT2D eigenvalue weighted by atomic mass is 10.1. The molecule has 2 rings (SSSR count). The fraction of sp³-hybridized carbons (Fsp3) is 0.636. The van der Waals surface area contributed by atoms with Gasteiger partial charge in [-0.1, -0.05) is 0 Å². The van der Waals surface area contributed by atoms with Crippen LogP contribution in [0.3, 0.4) is 0 Å². The molecule has 0 spiro atoms. The highest BCUT2D eigenvalue weighted by molar-refractivity contribution is 9.11. The Hall–Kier alpha value is 0.100. The Morgan fingerprint density at radius 2 is 2.40 bits per heavy atom. The summed E-state index contributed by atoms with van der Waals surface area (Å²) >= 11 is 5.18. The van der Waals surface area contributed by atoms with E-state index in [-0.39, 0.29) is 0 Å². The van der Waals surface area contributed by atoms with Gasteiger partial charge in [-0.2, -0.15) is 0 Å². The third kappa shape index (κ3) is 3.55. The number of halogens is 1. The molecule has 0 amide bonds. The first-order chi connectivity index (χ1) is 7.29. The van der Waals surface area contributed by atoms with E-state index in [0.29, 0.717) is 12.6 Å². The lowest BCUT2D eigenvalue weighted by molar-refractivity contribution is 0.256. The third-order valence-corrected chi connectivity index (χ3v) is 4.37. The van der Waals surface area contributed by atoms with Gasteiger partial charge in [-0.05, 0) is 58.1 Å². The number of hydrogen-bond acceptors (Lipinski definition) is 3. The summed E-state index contributed by atoms with van der Waals surface area (Å²) in [6.07, 6.45) is 3.53. The maximum Gasteiger partial charge on any atom is 0.0701 e. The summed E-state index contributed by atoms with van der Waals surface area (Å²) in [6, 6.07) is 2.66. The van der Waals surface area contributed by atoms with Crippen LogP contribution in [0.25, 0.3) is 0 Å². The second-order valence-electron chi connectivity index (χ2n) is 4.10. The zero-order valence-corrected chi connectivity index (χ0v) is 11.0. The zero-order chi connectivity index (χ0) is 10.7. The van der Waals surface area contributed by atoms with Gasteiger partial charge in [0.05, 0.1) is 3.79 Å². The van der Waals surface area contributed by atoms with Crippen molar-refractivity contribution in [2.75, 3.05) is 6.61 Å². The molecule has 1 heterocycles. The van der Waals surface area contributed by atoms with Crippen molar-refractivity contribution in [3.05, 3.63) is 20.8 Å². The van der Waals surface area contributed by atoms with Crippen LogP contribution in [-0.2, 0) is 6.54 Å². The van der Waals surface area contributed by atoms with Gasteiger partial charge < -0.3 is 10.4 Å². The highest BCUT2D eigenvalue weighted by Crippen LogP contribution is 2.34. The number of nitrogens with one attached hydrogen (secondary N) is 1. The average molecular weight is 290 g/mol. The van der Waals surface area contributed by atoms with Gasteiger partial charge >= 0.3 is 0 Å². The van der Waals surface area contributed by atoms with E-state index in [9.17, 15) is 0 Å². The summed E-state index contributed by atoms with van der Waals surface area (Å²) in [4.78, 5) is 0. The topological polar surface area (TPSA) is 32.3 Å². The fourth-order valence-electron chi connectivity index (χ4n) is 1.83. The molecule has 1 atom stereocenters. The van der Waals surface area contributed by atoms with Crippen molar-refractivity contribution < 1.29 is 5.11 Å². The molecular formula is C11H16BrNOS. The van der Waals surface area contributed by atoms with Crippen LogP contribution in [0.5, 0.6) is 0 Å². The van der Waals surface area contributed by atoms with E-state index in [4.69, 9.17) is 5.11 Å². The van der Waals surface area contributed by atoms with Crippen LogP contribution < -0.4 is 5.32 Å². The maximum atomic E-state index is 8.97. The summed E-state index contributed by atoms with van der Waals surface area (Å²) in [7, 11) is 0. The second kappa shape index (κ2) is 5.43. The zero-order valence-electron chi connectivity index (χ0n) is 8.58. The van der Waals surface area contributed by atoms with Gasteiger partial charge in [0.2, 0.25) is 0 Å². The number of aliphatic hydroxyl groups excluding tert-OH is 1. The quantitative estimate of drug-likeness (QED) is 0.844. The summed E-state index contributed by atoms with van der Waals surface area (Å²) in [5.74, 6) is 0.805. The predicted octanol–water partition coefficient (Wildman–Crippen LogP) is 2.76. The van der Waals surface area contributed by atoms with Crippen LogP contribution in [0.4, 0.5) is 0 Å². The van der Waals surface area contributed by atoms with Gasteiger partial charge in [0.15, 0.2) is 0 Å². The van der Waals surface area contributed by atoms with Crippen molar-refractivity contribution in [3.8, 4) is 0 Å². The van der Waals surface area contributed by atoms with E-state index in [1.165, 1.54) is 22.2 Å². The molecule has 1 aromatic heterocycles. The van der Waals surface area contributed by atoms with Gasteiger partial charge in [0.1, 0.15) is 0 Å². The number of thiophene rings is 1. The molecule has 0 radical (unpaired) electrons. The molecule has 0 aliphatic heterocycles. The minimum Gasteiger partial charge on any atom is -0.396 e. The highest BCUT2D eigenvalue weighted by atomic mass is 79.9. The summed E-state index contributed by atoms with van der Waals surface area (Å²) in [6.45, 7) is 1.21. The molecule has 1 aliphatic carbocycles. The molecule has 1 saturated carbocycles. The van der Waals surface area contributed by atoms with Gasteiger partial charge in [0.25, 0.3) is 0 Å². The Morgan fingerprint density at radius 1 is 1.60 bits per heavy atom. The minimum atomic E-state index is 0.293. The molecule has 0 bridgehead atoms. The highest BCUT2D eigenvalue weighted by Gasteiger charge is 2.30. The molecule has 0 aromatic carbocycles. The Balaban J connectivity index is 1.79. The Bertz CT molecular complexity index is 311. The first-order valence-corrected chi connectivity index (χ1v) is 7.04. The van der Waals surface area contributed by atoms with Crippen LogP contribution in [0.2, 0.25) is 0 Å². The molecule has 15 heavy (non-hydrogen) atoms. The lowest BCUT2D eigenvalue weighted by Gasteiger charge is -2.16. The van der Waals surface area contributed by atoms with E-state index in [2.05, 4.69) is 32.7 Å². The lowest BCUT2D eigenvalue weighted by Crippen LogP contribution is -2.31. The van der Waals surface area contributed by atoms with E-state index in [1.54, 1.807) is 11.3 Å². The van der Waals surface area contributed by atoms with Crippen molar-refractivity contribution in [2.45, 2.75) is 31.8 Å². The second-order valence-corrected chi connectivity index (χ2v) is 6.39. The van der Waals surface area contributed by atoms with Crippen molar-refractivity contribution in [2.24, 2.45) is 5.92 Å². The van der Waals surface area contributed by atoms with Crippen LogP contribution in [0, 0.1) is 5.92 Å². The van der Waals surface area contributed by atoms with Gasteiger partial charge in [0, 0.05) is 19.2 Å². The van der Waals surface area contributed by atoms with Crippen molar-refractivity contribution in [1.82, 2.24) is 5.32 Å². The SMILES string of the molecule is OCCC(NCc1csc(Br)c1)C1CC1. The average Bonchev–Trinajstić information content (AvgIpc) is 2.97. The molecule has 2 nitrogen and oxygen atoms in total. The monoisotopic (exact) mass is 289 g/mol. The van der Waals surface area contributed by atoms with Gasteiger partial charge in [-0.15, -0.1) is 11.3 Å². The van der Waals surface area contributed by atoms with E-state index in [0.717, 1.165) is 18.9 Å². The van der Waals surface area contributed by atoms with Gasteiger partial charge in [-0.3, -0.25) is 0 Å². The minimum absolute atomic E-state index is 0.293. The van der Waals surface area contributed by atoms with Crippen molar-refractivity contribution in [3.63, 3.8) is 0 Å². The number of rotatable bonds is 6. The molecule has 0 saturated heterocycles. The van der Waals surface area contributed by atoms with Crippen molar-refractivity contribution >= 4 is 27.3 Å². The van der Waals surface area contributed by atoms with Crippen molar-refractivity contribution in [1.29, 1.82) is 0 Å². The van der Waals surface area contributed by atoms with E-state index in [1.807, 2.05) is 0 Å². The first kappa shape index (κ1) is 11.6. The Labute approximate surface area is 103 Å². The summed E-state index contributed by atoms with van der Waals surface area (Å²) in [5.41, 5.74) is 1.33. The van der Waals surface area contributed by atoms with Crippen LogP contribution in [0.15, 0.2) is 15.2 Å². The van der Waals surface area contributed by atoms with Gasteiger partial charge in [-0.25, -0.2) is 0 Å². The predicted molar refractivity (Wildman–Crippen MR) is 67.1 cm³/mol.